The number of aliphatic hydroxyl groups is 3. The van der Waals surface area contributed by atoms with Crippen LogP contribution < -0.4 is 5.73 Å². The largest absolute Gasteiger partial charge is 0.508 e. The number of benzene rings is 1. The van der Waals surface area contributed by atoms with Crippen LogP contribution in [0.25, 0.3) is 5.76 Å². The van der Waals surface area contributed by atoms with Crippen LogP contribution in [0.1, 0.15) is 36.0 Å². The molecule has 0 radical (unpaired) electrons. The fourth-order valence-corrected chi connectivity index (χ4v) is 5.87. The lowest BCUT2D eigenvalue weighted by Crippen LogP contribution is -2.65. The average Bonchev–Trinajstić information content (AvgIpc) is 2.77. The van der Waals surface area contributed by atoms with E-state index >= 15 is 0 Å². The number of aliphatic hydroxyl groups excluding tert-OH is 2. The zero-order valence-electron chi connectivity index (χ0n) is 19.5. The fourth-order valence-electron chi connectivity index (χ4n) is 5.87. The van der Waals surface area contributed by atoms with E-state index in [0.29, 0.717) is 30.4 Å². The summed E-state index contributed by atoms with van der Waals surface area (Å²) in [7, 11) is 3.10. The van der Waals surface area contributed by atoms with E-state index in [1.807, 2.05) is 0 Å². The Morgan fingerprint density at radius 2 is 1.89 bits per heavy atom. The van der Waals surface area contributed by atoms with E-state index < -0.39 is 64.7 Å². The third-order valence-corrected chi connectivity index (χ3v) is 7.51. The predicted molar refractivity (Wildman–Crippen MR) is 123 cm³/mol. The van der Waals surface area contributed by atoms with E-state index in [2.05, 4.69) is 0 Å². The minimum Gasteiger partial charge on any atom is -0.508 e. The molecule has 0 spiro atoms. The Kier molecular flexibility index (Phi) is 6.23. The number of hydrogen-bond acceptors (Lipinski definition) is 8. The monoisotopic (exact) mass is 488 g/mol. The normalized spacial score (nSPS) is 28.2. The molecule has 0 bridgehead atoms. The Morgan fingerprint density at radius 1 is 1.20 bits per heavy atom. The molecule has 4 atom stereocenters. The van der Waals surface area contributed by atoms with Gasteiger partial charge in [-0.15, -0.1) is 0 Å². The molecule has 0 heterocycles. The van der Waals surface area contributed by atoms with Crippen LogP contribution in [0.4, 0.5) is 4.39 Å². The van der Waals surface area contributed by atoms with Crippen molar-refractivity contribution in [2.75, 3.05) is 20.8 Å². The number of halogens is 1. The van der Waals surface area contributed by atoms with Crippen LogP contribution in [0.5, 0.6) is 5.75 Å². The number of ketones is 2. The summed E-state index contributed by atoms with van der Waals surface area (Å²) in [6.45, 7) is -0.488. The number of hydrogen-bond donors (Lipinski definition) is 5. The summed E-state index contributed by atoms with van der Waals surface area (Å²) in [5.41, 5.74) is 2.75. The van der Waals surface area contributed by atoms with Gasteiger partial charge in [-0.3, -0.25) is 23.7 Å². The van der Waals surface area contributed by atoms with Gasteiger partial charge in [0.05, 0.1) is 18.3 Å². The maximum absolute atomic E-state index is 13.7. The van der Waals surface area contributed by atoms with Gasteiger partial charge in [0.2, 0.25) is 5.78 Å². The fraction of sp³-hybridized carbons (Fsp3) is 0.480. The summed E-state index contributed by atoms with van der Waals surface area (Å²) in [5, 5.41) is 44.4. The van der Waals surface area contributed by atoms with Crippen molar-refractivity contribution in [3.8, 4) is 5.75 Å². The number of carbonyl (C=O) groups excluding carboxylic acids is 3. The molecular formula is C25H29FN2O7. The van der Waals surface area contributed by atoms with Crippen LogP contribution in [0.2, 0.25) is 0 Å². The Labute approximate surface area is 201 Å². The first-order valence-electron chi connectivity index (χ1n) is 11.5. The number of rotatable bonds is 6. The predicted octanol–water partition coefficient (Wildman–Crippen LogP) is 1.26. The van der Waals surface area contributed by atoms with E-state index in [1.165, 1.54) is 4.90 Å². The second kappa shape index (κ2) is 8.76. The molecule has 4 rings (SSSR count). The van der Waals surface area contributed by atoms with Crippen LogP contribution in [-0.4, -0.2) is 75.2 Å². The summed E-state index contributed by atoms with van der Waals surface area (Å²) in [6, 6.07) is 2.32. The maximum atomic E-state index is 13.7. The van der Waals surface area contributed by atoms with Crippen molar-refractivity contribution in [1.82, 2.24) is 4.90 Å². The van der Waals surface area contributed by atoms with Crippen molar-refractivity contribution in [1.29, 1.82) is 0 Å². The number of phenols is 1. The van der Waals surface area contributed by atoms with Gasteiger partial charge >= 0.3 is 0 Å². The summed E-state index contributed by atoms with van der Waals surface area (Å²) in [5.74, 6) is -6.67. The number of likely N-dealkylation sites (N-methyl/N-ethyl adjacent to an activating group) is 1. The molecule has 1 aromatic carbocycles. The first kappa shape index (κ1) is 24.9. The van der Waals surface area contributed by atoms with Crippen molar-refractivity contribution in [3.05, 3.63) is 45.7 Å². The van der Waals surface area contributed by atoms with Gasteiger partial charge in [0.1, 0.15) is 22.8 Å². The molecule has 0 saturated heterocycles. The number of alkyl halides is 1. The first-order chi connectivity index (χ1) is 16.5. The highest BCUT2D eigenvalue weighted by molar-refractivity contribution is 6.24. The molecule has 0 aromatic heterocycles. The van der Waals surface area contributed by atoms with Crippen molar-refractivity contribution in [3.63, 3.8) is 0 Å². The number of aromatic hydroxyl groups is 1. The number of nitrogens with zero attached hydrogens (tertiary/aromatic N) is 1. The second-order valence-electron chi connectivity index (χ2n) is 9.72. The number of unbranched alkanes of at least 4 members (excludes halogenated alkanes) is 1. The molecule has 188 valence electrons. The lowest BCUT2D eigenvalue weighted by Gasteiger charge is -2.50. The second-order valence-corrected chi connectivity index (χ2v) is 9.72. The van der Waals surface area contributed by atoms with E-state index in [9.17, 15) is 39.2 Å². The van der Waals surface area contributed by atoms with E-state index in [1.54, 1.807) is 26.2 Å². The number of phenolic OH excluding ortho intramolecular Hbond substituents is 1. The molecule has 0 aliphatic heterocycles. The lowest BCUT2D eigenvalue weighted by atomic mass is 9.57. The van der Waals surface area contributed by atoms with E-state index in [-0.39, 0.29) is 29.7 Å². The topological polar surface area (TPSA) is 161 Å². The number of primary amides is 1. The molecule has 35 heavy (non-hydrogen) atoms. The molecule has 0 unspecified atom stereocenters. The van der Waals surface area contributed by atoms with Gasteiger partial charge in [-0.2, -0.15) is 0 Å². The number of fused-ring (bicyclic) bond motifs is 3. The summed E-state index contributed by atoms with van der Waals surface area (Å²) in [6.07, 6.45) is 1.46. The van der Waals surface area contributed by atoms with Gasteiger partial charge in [-0.05, 0) is 63.2 Å². The Balaban J connectivity index is 1.88. The zero-order valence-corrected chi connectivity index (χ0v) is 19.5. The van der Waals surface area contributed by atoms with Gasteiger partial charge in [0, 0.05) is 11.5 Å². The number of Topliss-reactive ketones (excluding diaryl/α,β-unsaturated/α-hetero) is 2. The smallest absolute Gasteiger partial charge is 0.255 e. The zero-order chi connectivity index (χ0) is 25.8. The Morgan fingerprint density at radius 3 is 2.49 bits per heavy atom. The summed E-state index contributed by atoms with van der Waals surface area (Å²) < 4.78 is 12.5. The quantitative estimate of drug-likeness (QED) is 0.295. The third kappa shape index (κ3) is 3.54. The number of aryl methyl sites for hydroxylation is 1. The molecule has 1 amide bonds. The van der Waals surface area contributed by atoms with Gasteiger partial charge < -0.3 is 26.2 Å². The molecule has 10 heteroatoms. The highest BCUT2D eigenvalue weighted by Crippen LogP contribution is 2.52. The van der Waals surface area contributed by atoms with Gasteiger partial charge in [-0.25, -0.2) is 0 Å². The molecular weight excluding hydrogens is 459 g/mol. The highest BCUT2D eigenvalue weighted by atomic mass is 19.1. The van der Waals surface area contributed by atoms with Crippen molar-refractivity contribution in [2.45, 2.75) is 43.7 Å². The standard InChI is InChI=1S/C25H29FN2O7/c1-28(2)18-14-10-13-9-12-7-6-11(5-3-4-8-26)19(29)15(12)20(30)16(13)22(32)25(14,35)23(33)17(21(18)31)24(27)34/h6-7,13-14,18,29-30,33,35H,3-5,8-10H2,1-2H3,(H2,27,34)/t13-,14-,18-,25-/m0/s1. The first-order valence-corrected chi connectivity index (χ1v) is 11.5. The molecule has 1 aromatic rings. The minimum atomic E-state index is -2.65. The molecule has 3 aliphatic carbocycles. The van der Waals surface area contributed by atoms with Crippen LogP contribution in [0.15, 0.2) is 29.0 Å². The number of nitrogens with two attached hydrogens (primary N) is 1. The summed E-state index contributed by atoms with van der Waals surface area (Å²) >= 11 is 0. The van der Waals surface area contributed by atoms with Crippen LogP contribution in [0.3, 0.4) is 0 Å². The number of amides is 1. The summed E-state index contributed by atoms with van der Waals surface area (Å²) in [4.78, 5) is 40.2. The Bertz CT molecular complexity index is 1190. The van der Waals surface area contributed by atoms with Crippen LogP contribution in [0, 0.1) is 11.8 Å². The van der Waals surface area contributed by atoms with Crippen molar-refractivity contribution in [2.24, 2.45) is 17.6 Å². The molecule has 1 saturated carbocycles. The van der Waals surface area contributed by atoms with Crippen LogP contribution in [-0.2, 0) is 27.2 Å². The molecule has 1 fully saturated rings. The Hall–Kier alpha value is -3.24. The maximum Gasteiger partial charge on any atom is 0.255 e. The highest BCUT2D eigenvalue weighted by Gasteiger charge is 2.64. The van der Waals surface area contributed by atoms with Crippen molar-refractivity contribution < 1.29 is 39.2 Å². The third-order valence-electron chi connectivity index (χ3n) is 7.51. The lowest BCUT2D eigenvalue weighted by molar-refractivity contribution is -0.153. The molecule has 6 N–H and O–H groups in total. The van der Waals surface area contributed by atoms with Gasteiger partial charge in [0.15, 0.2) is 11.4 Å². The van der Waals surface area contributed by atoms with Crippen molar-refractivity contribution >= 4 is 23.2 Å². The van der Waals surface area contributed by atoms with E-state index in [4.69, 9.17) is 5.73 Å². The average molecular weight is 489 g/mol. The SMILES string of the molecule is CN(C)[C@@H]1C(=O)C(C(N)=O)=C(O)[C@@]2(O)C(=O)C3=C(O)c4c(ccc(CCCCF)c4O)C[C@H]3C[C@@H]12. The van der Waals surface area contributed by atoms with Crippen LogP contribution >= 0.6 is 0 Å². The molecule has 9 nitrogen and oxygen atoms in total. The van der Waals surface area contributed by atoms with E-state index in [0.717, 1.165) is 0 Å². The number of carbonyl (C=O) groups is 3. The molecule has 3 aliphatic rings. The van der Waals surface area contributed by atoms with Gasteiger partial charge in [0.25, 0.3) is 5.91 Å². The minimum absolute atomic E-state index is 0.0464. The van der Waals surface area contributed by atoms with Gasteiger partial charge in [-0.1, -0.05) is 12.1 Å².